The minimum Gasteiger partial charge on any atom is -0.353 e. The fourth-order valence-electron chi connectivity index (χ4n) is 3.57. The predicted molar refractivity (Wildman–Crippen MR) is 116 cm³/mol. The molecule has 2 N–H and O–H groups in total. The SMILES string of the molecule is CC(=O)NC1CCN(C(=O)c2cc(S(=O)(=O)Nc3ccccc3C)ccc2C)CC1. The fourth-order valence-corrected chi connectivity index (χ4v) is 4.73. The van der Waals surface area contributed by atoms with Crippen molar-refractivity contribution in [2.45, 2.75) is 44.6 Å². The van der Waals surface area contributed by atoms with Gasteiger partial charge in [0.2, 0.25) is 5.91 Å². The Morgan fingerprint density at radius 2 is 1.67 bits per heavy atom. The molecule has 1 saturated heterocycles. The first-order chi connectivity index (χ1) is 14.2. The molecule has 0 unspecified atom stereocenters. The molecule has 1 fully saturated rings. The first-order valence-corrected chi connectivity index (χ1v) is 11.4. The number of carbonyl (C=O) groups is 2. The van der Waals surface area contributed by atoms with Crippen LogP contribution in [-0.4, -0.2) is 44.3 Å². The van der Waals surface area contributed by atoms with Gasteiger partial charge in [0, 0.05) is 31.6 Å². The molecule has 1 heterocycles. The standard InChI is InChI=1S/C22H27N3O4S/c1-15-8-9-19(30(28,29)24-21-7-5-4-6-16(21)2)14-20(15)22(27)25-12-10-18(11-13-25)23-17(3)26/h4-9,14,18,24H,10-13H2,1-3H3,(H,23,26). The smallest absolute Gasteiger partial charge is 0.261 e. The highest BCUT2D eigenvalue weighted by molar-refractivity contribution is 7.92. The average molecular weight is 430 g/mol. The number of hydrogen-bond donors (Lipinski definition) is 2. The van der Waals surface area contributed by atoms with Gasteiger partial charge in [-0.15, -0.1) is 0 Å². The number of carbonyl (C=O) groups excluding carboxylic acids is 2. The van der Waals surface area contributed by atoms with Gasteiger partial charge in [0.1, 0.15) is 0 Å². The molecule has 0 saturated carbocycles. The van der Waals surface area contributed by atoms with Crippen LogP contribution in [0.3, 0.4) is 0 Å². The summed E-state index contributed by atoms with van der Waals surface area (Å²) in [6.07, 6.45) is 1.36. The van der Waals surface area contributed by atoms with Crippen LogP contribution in [0.25, 0.3) is 0 Å². The van der Waals surface area contributed by atoms with Crippen LogP contribution in [0.15, 0.2) is 47.4 Å². The maximum absolute atomic E-state index is 13.1. The minimum atomic E-state index is -3.83. The van der Waals surface area contributed by atoms with Crippen LogP contribution in [0.1, 0.15) is 41.3 Å². The molecule has 160 valence electrons. The van der Waals surface area contributed by atoms with E-state index in [0.717, 1.165) is 11.1 Å². The van der Waals surface area contributed by atoms with E-state index in [-0.39, 0.29) is 22.8 Å². The summed E-state index contributed by atoms with van der Waals surface area (Å²) in [7, 11) is -3.83. The van der Waals surface area contributed by atoms with E-state index in [9.17, 15) is 18.0 Å². The Kier molecular flexibility index (Phi) is 6.45. The van der Waals surface area contributed by atoms with Crippen molar-refractivity contribution in [2.75, 3.05) is 17.8 Å². The fraction of sp³-hybridized carbons (Fsp3) is 0.364. The summed E-state index contributed by atoms with van der Waals surface area (Å²) in [5, 5.41) is 2.88. The summed E-state index contributed by atoms with van der Waals surface area (Å²) in [5.41, 5.74) is 2.41. The van der Waals surface area contributed by atoms with Crippen molar-refractivity contribution in [3.63, 3.8) is 0 Å². The lowest BCUT2D eigenvalue weighted by molar-refractivity contribution is -0.119. The summed E-state index contributed by atoms with van der Waals surface area (Å²) in [4.78, 5) is 26.0. The van der Waals surface area contributed by atoms with Crippen LogP contribution in [0.5, 0.6) is 0 Å². The van der Waals surface area contributed by atoms with Crippen molar-refractivity contribution in [2.24, 2.45) is 0 Å². The van der Waals surface area contributed by atoms with Crippen molar-refractivity contribution >= 4 is 27.5 Å². The lowest BCUT2D eigenvalue weighted by Gasteiger charge is -2.32. The van der Waals surface area contributed by atoms with Gasteiger partial charge >= 0.3 is 0 Å². The third kappa shape index (κ3) is 4.99. The van der Waals surface area contributed by atoms with Crippen molar-refractivity contribution in [1.29, 1.82) is 0 Å². The van der Waals surface area contributed by atoms with E-state index in [1.165, 1.54) is 19.1 Å². The Hall–Kier alpha value is -2.87. The lowest BCUT2D eigenvalue weighted by atomic mass is 10.0. The highest BCUT2D eigenvalue weighted by atomic mass is 32.2. The molecule has 2 aromatic rings. The van der Waals surface area contributed by atoms with Crippen molar-refractivity contribution < 1.29 is 18.0 Å². The molecule has 0 radical (unpaired) electrons. The van der Waals surface area contributed by atoms with Gasteiger partial charge in [0.05, 0.1) is 10.6 Å². The van der Waals surface area contributed by atoms with Gasteiger partial charge in [0.15, 0.2) is 0 Å². The Labute approximate surface area is 177 Å². The van der Waals surface area contributed by atoms with Crippen LogP contribution in [0.2, 0.25) is 0 Å². The zero-order chi connectivity index (χ0) is 21.9. The monoisotopic (exact) mass is 429 g/mol. The van der Waals surface area contributed by atoms with E-state index >= 15 is 0 Å². The number of piperidine rings is 1. The number of likely N-dealkylation sites (tertiary alicyclic amines) is 1. The summed E-state index contributed by atoms with van der Waals surface area (Å²) >= 11 is 0. The van der Waals surface area contributed by atoms with Crippen LogP contribution >= 0.6 is 0 Å². The van der Waals surface area contributed by atoms with Gasteiger partial charge in [-0.2, -0.15) is 0 Å². The Balaban J connectivity index is 1.79. The molecule has 1 aliphatic heterocycles. The third-order valence-electron chi connectivity index (χ3n) is 5.33. The summed E-state index contributed by atoms with van der Waals surface area (Å²) in [6, 6.07) is 11.8. The molecular weight excluding hydrogens is 402 g/mol. The minimum absolute atomic E-state index is 0.0489. The van der Waals surface area contributed by atoms with Gasteiger partial charge in [0.25, 0.3) is 15.9 Å². The predicted octanol–water partition coefficient (Wildman–Crippen LogP) is 2.84. The Morgan fingerprint density at radius 1 is 1.00 bits per heavy atom. The number of aryl methyl sites for hydroxylation is 2. The quantitative estimate of drug-likeness (QED) is 0.764. The lowest BCUT2D eigenvalue weighted by Crippen LogP contribution is -2.46. The first kappa shape index (κ1) is 21.8. The van der Waals surface area contributed by atoms with E-state index in [1.807, 2.05) is 19.1 Å². The van der Waals surface area contributed by atoms with E-state index in [1.54, 1.807) is 30.0 Å². The zero-order valence-electron chi connectivity index (χ0n) is 17.4. The van der Waals surface area contributed by atoms with Crippen LogP contribution in [-0.2, 0) is 14.8 Å². The number of para-hydroxylation sites is 1. The molecule has 1 aliphatic rings. The molecule has 2 aromatic carbocycles. The number of hydrogen-bond acceptors (Lipinski definition) is 4. The van der Waals surface area contributed by atoms with Crippen LogP contribution < -0.4 is 10.0 Å². The first-order valence-electron chi connectivity index (χ1n) is 9.93. The van der Waals surface area contributed by atoms with Gasteiger partial charge in [-0.05, 0) is 56.0 Å². The van der Waals surface area contributed by atoms with Gasteiger partial charge in [-0.3, -0.25) is 14.3 Å². The molecule has 0 bridgehead atoms. The second-order valence-electron chi connectivity index (χ2n) is 7.66. The maximum atomic E-state index is 13.1. The zero-order valence-corrected chi connectivity index (χ0v) is 18.3. The third-order valence-corrected chi connectivity index (χ3v) is 6.69. The van der Waals surface area contributed by atoms with Crippen molar-refractivity contribution in [3.05, 3.63) is 59.2 Å². The maximum Gasteiger partial charge on any atom is 0.261 e. The van der Waals surface area contributed by atoms with E-state index in [2.05, 4.69) is 10.0 Å². The van der Waals surface area contributed by atoms with Gasteiger partial charge < -0.3 is 10.2 Å². The molecule has 8 heteroatoms. The normalized spacial score (nSPS) is 15.0. The second-order valence-corrected chi connectivity index (χ2v) is 9.35. The Bertz CT molecular complexity index is 1060. The molecule has 2 amide bonds. The second kappa shape index (κ2) is 8.87. The summed E-state index contributed by atoms with van der Waals surface area (Å²) in [5.74, 6) is -0.267. The number of nitrogens with zero attached hydrogens (tertiary/aromatic N) is 1. The number of amides is 2. The van der Waals surface area contributed by atoms with Crippen molar-refractivity contribution in [1.82, 2.24) is 10.2 Å². The highest BCUT2D eigenvalue weighted by Crippen LogP contribution is 2.23. The molecule has 0 spiro atoms. The summed E-state index contributed by atoms with van der Waals surface area (Å²) in [6.45, 7) is 6.14. The largest absolute Gasteiger partial charge is 0.353 e. The summed E-state index contributed by atoms with van der Waals surface area (Å²) < 4.78 is 28.4. The highest BCUT2D eigenvalue weighted by Gasteiger charge is 2.26. The number of benzene rings is 2. The molecular formula is C22H27N3O4S. The molecule has 30 heavy (non-hydrogen) atoms. The van der Waals surface area contributed by atoms with Gasteiger partial charge in [-0.25, -0.2) is 8.42 Å². The number of rotatable bonds is 5. The van der Waals surface area contributed by atoms with E-state index in [4.69, 9.17) is 0 Å². The molecule has 0 aliphatic carbocycles. The van der Waals surface area contributed by atoms with Crippen LogP contribution in [0, 0.1) is 13.8 Å². The Morgan fingerprint density at radius 3 is 2.30 bits per heavy atom. The number of nitrogens with one attached hydrogen (secondary N) is 2. The number of sulfonamides is 1. The van der Waals surface area contributed by atoms with Gasteiger partial charge in [-0.1, -0.05) is 24.3 Å². The van der Waals surface area contributed by atoms with E-state index in [0.29, 0.717) is 37.2 Å². The number of anilines is 1. The topological polar surface area (TPSA) is 95.6 Å². The molecule has 3 rings (SSSR count). The van der Waals surface area contributed by atoms with E-state index < -0.39 is 10.0 Å². The molecule has 0 aromatic heterocycles. The van der Waals surface area contributed by atoms with Crippen molar-refractivity contribution in [3.8, 4) is 0 Å². The van der Waals surface area contributed by atoms with Crippen LogP contribution in [0.4, 0.5) is 5.69 Å². The molecule has 0 atom stereocenters. The average Bonchev–Trinajstić information content (AvgIpc) is 2.69. The molecule has 7 nitrogen and oxygen atoms in total.